The number of hydrogen-bond acceptors (Lipinski definition) is 6. The van der Waals surface area contributed by atoms with E-state index in [-0.39, 0.29) is 24.2 Å². The zero-order valence-corrected chi connectivity index (χ0v) is 19.2. The number of carbonyl (C=O) groups is 1. The summed E-state index contributed by atoms with van der Waals surface area (Å²) in [5, 5.41) is 1.56. The Kier molecular flexibility index (Phi) is 5.99. The third-order valence-electron chi connectivity index (χ3n) is 5.46. The van der Waals surface area contributed by atoms with Crippen molar-refractivity contribution in [2.45, 2.75) is 32.3 Å². The molecule has 1 fully saturated rings. The van der Waals surface area contributed by atoms with Crippen LogP contribution in [0.15, 0.2) is 48.5 Å². The lowest BCUT2D eigenvalue weighted by Gasteiger charge is -2.23. The number of aryl methyl sites for hydroxylation is 1. The predicted octanol–water partition coefficient (Wildman–Crippen LogP) is 5.62. The van der Waals surface area contributed by atoms with Crippen molar-refractivity contribution in [2.75, 3.05) is 18.1 Å². The van der Waals surface area contributed by atoms with Crippen molar-refractivity contribution < 1.29 is 13.9 Å². The van der Waals surface area contributed by atoms with Crippen molar-refractivity contribution in [3.05, 3.63) is 64.2 Å². The molecule has 1 amide bonds. The van der Waals surface area contributed by atoms with Gasteiger partial charge in [-0.1, -0.05) is 23.5 Å². The van der Waals surface area contributed by atoms with Gasteiger partial charge in [0.25, 0.3) is 0 Å². The number of anilines is 1. The third-order valence-corrected chi connectivity index (χ3v) is 7.49. The van der Waals surface area contributed by atoms with E-state index in [1.165, 1.54) is 34.8 Å². The summed E-state index contributed by atoms with van der Waals surface area (Å²) in [6.45, 7) is 3.14. The molecule has 2 aromatic heterocycles. The Hall–Kier alpha value is -2.68. The van der Waals surface area contributed by atoms with Gasteiger partial charge in [-0.2, -0.15) is 0 Å². The second-order valence-electron chi connectivity index (χ2n) is 7.79. The van der Waals surface area contributed by atoms with Crippen molar-refractivity contribution >= 4 is 43.9 Å². The lowest BCUT2D eigenvalue weighted by molar-refractivity contribution is -0.118. The highest BCUT2D eigenvalue weighted by Gasteiger charge is 2.27. The van der Waals surface area contributed by atoms with Crippen LogP contribution < -0.4 is 4.90 Å². The average molecular weight is 468 g/mol. The van der Waals surface area contributed by atoms with E-state index in [9.17, 15) is 9.18 Å². The van der Waals surface area contributed by atoms with Gasteiger partial charge in [-0.25, -0.2) is 14.4 Å². The van der Waals surface area contributed by atoms with E-state index in [4.69, 9.17) is 9.72 Å². The van der Waals surface area contributed by atoms with Crippen LogP contribution in [-0.2, 0) is 16.0 Å². The number of halogens is 1. The maximum absolute atomic E-state index is 13.6. The monoisotopic (exact) mass is 467 g/mol. The fraction of sp³-hybridized carbons (Fsp3) is 0.292. The summed E-state index contributed by atoms with van der Waals surface area (Å²) in [7, 11) is 0. The highest BCUT2D eigenvalue weighted by molar-refractivity contribution is 7.22. The molecular formula is C24H22FN3O2S2. The van der Waals surface area contributed by atoms with E-state index in [0.29, 0.717) is 11.7 Å². The largest absolute Gasteiger partial charge is 0.376 e. The summed E-state index contributed by atoms with van der Waals surface area (Å²) in [5.41, 5.74) is 2.43. The molecule has 32 heavy (non-hydrogen) atoms. The molecule has 0 aliphatic carbocycles. The maximum Gasteiger partial charge on any atom is 0.234 e. The molecule has 1 saturated heterocycles. The Morgan fingerprint density at radius 1 is 1.16 bits per heavy atom. The third kappa shape index (κ3) is 4.44. The molecule has 2 aromatic carbocycles. The molecule has 4 aromatic rings. The normalized spacial score (nSPS) is 16.0. The first-order valence-corrected chi connectivity index (χ1v) is 12.2. The lowest BCUT2D eigenvalue weighted by atomic mass is 10.1. The molecule has 0 radical (unpaired) electrons. The second-order valence-corrected chi connectivity index (χ2v) is 10.1. The van der Waals surface area contributed by atoms with Crippen molar-refractivity contribution in [1.82, 2.24) is 9.97 Å². The highest BCUT2D eigenvalue weighted by Crippen LogP contribution is 2.33. The molecule has 5 rings (SSSR count). The van der Waals surface area contributed by atoms with Crippen LogP contribution in [0.25, 0.3) is 21.5 Å². The smallest absolute Gasteiger partial charge is 0.234 e. The Labute approximate surface area is 193 Å². The van der Waals surface area contributed by atoms with Crippen molar-refractivity contribution in [3.8, 4) is 11.3 Å². The van der Waals surface area contributed by atoms with Crippen LogP contribution >= 0.6 is 22.7 Å². The number of ether oxygens (including phenoxy) is 1. The number of carbonyl (C=O) groups excluding carboxylic acids is 1. The summed E-state index contributed by atoms with van der Waals surface area (Å²) in [5.74, 6) is -0.330. The number of thiazole rings is 2. The van der Waals surface area contributed by atoms with E-state index >= 15 is 0 Å². The quantitative estimate of drug-likeness (QED) is 0.369. The van der Waals surface area contributed by atoms with Crippen LogP contribution in [0.2, 0.25) is 0 Å². The summed E-state index contributed by atoms with van der Waals surface area (Å²) < 4.78 is 20.3. The highest BCUT2D eigenvalue weighted by atomic mass is 32.1. The minimum absolute atomic E-state index is 0.0192. The van der Waals surface area contributed by atoms with Crippen LogP contribution in [0.3, 0.4) is 0 Å². The Bertz CT molecular complexity index is 1210. The van der Waals surface area contributed by atoms with E-state index in [1.54, 1.807) is 17.0 Å². The molecule has 1 aliphatic heterocycles. The second kappa shape index (κ2) is 9.05. The van der Waals surface area contributed by atoms with Gasteiger partial charge in [0, 0.05) is 17.0 Å². The summed E-state index contributed by atoms with van der Waals surface area (Å²) in [6, 6.07) is 14.2. The molecule has 0 N–H and O–H groups in total. The number of rotatable bonds is 6. The molecule has 0 spiro atoms. The SMILES string of the molecule is Cc1nc(-c2ccc(F)cc2)c(CC(=O)N(CC2CCCO2)c2nc3ccccc3s2)s1. The fourth-order valence-electron chi connectivity index (χ4n) is 3.91. The van der Waals surface area contributed by atoms with Crippen LogP contribution in [0, 0.1) is 12.7 Å². The van der Waals surface area contributed by atoms with Gasteiger partial charge in [-0.15, -0.1) is 11.3 Å². The van der Waals surface area contributed by atoms with Gasteiger partial charge in [0.05, 0.1) is 40.0 Å². The van der Waals surface area contributed by atoms with Gasteiger partial charge in [0.1, 0.15) is 5.82 Å². The Morgan fingerprint density at radius 2 is 1.97 bits per heavy atom. The van der Waals surface area contributed by atoms with E-state index in [2.05, 4.69) is 4.98 Å². The number of fused-ring (bicyclic) bond motifs is 1. The first-order valence-electron chi connectivity index (χ1n) is 10.6. The standard InChI is InChI=1S/C24H22FN3O2S2/c1-15-26-23(16-8-10-17(25)11-9-16)21(31-15)13-22(29)28(14-18-5-4-12-30-18)24-27-19-6-2-3-7-20(19)32-24/h2-3,6-11,18H,4-5,12-14H2,1H3. The minimum atomic E-state index is -0.295. The maximum atomic E-state index is 13.6. The summed E-state index contributed by atoms with van der Waals surface area (Å²) in [6.07, 6.45) is 2.18. The molecule has 0 saturated carbocycles. The minimum Gasteiger partial charge on any atom is -0.376 e. The number of aromatic nitrogens is 2. The molecule has 8 heteroatoms. The number of nitrogens with zero attached hydrogens (tertiary/aromatic N) is 3. The van der Waals surface area contributed by atoms with Gasteiger partial charge >= 0.3 is 0 Å². The molecule has 5 nitrogen and oxygen atoms in total. The topological polar surface area (TPSA) is 55.3 Å². The number of amides is 1. The van der Waals surface area contributed by atoms with Crippen molar-refractivity contribution in [2.24, 2.45) is 0 Å². The van der Waals surface area contributed by atoms with Crippen molar-refractivity contribution in [3.63, 3.8) is 0 Å². The average Bonchev–Trinajstić information content (AvgIpc) is 3.52. The van der Waals surface area contributed by atoms with E-state index < -0.39 is 0 Å². The lowest BCUT2D eigenvalue weighted by Crippen LogP contribution is -2.38. The molecule has 164 valence electrons. The predicted molar refractivity (Wildman–Crippen MR) is 127 cm³/mol. The van der Waals surface area contributed by atoms with Crippen LogP contribution in [0.4, 0.5) is 9.52 Å². The van der Waals surface area contributed by atoms with Crippen LogP contribution in [0.1, 0.15) is 22.7 Å². The summed E-state index contributed by atoms with van der Waals surface area (Å²) in [4.78, 5) is 25.6. The Morgan fingerprint density at radius 3 is 2.72 bits per heavy atom. The van der Waals surface area contributed by atoms with Gasteiger partial charge in [0.2, 0.25) is 5.91 Å². The number of hydrogen-bond donors (Lipinski definition) is 0. The molecule has 1 atom stereocenters. The van der Waals surface area contributed by atoms with Crippen LogP contribution in [0.5, 0.6) is 0 Å². The van der Waals surface area contributed by atoms with E-state index in [1.807, 2.05) is 31.2 Å². The van der Waals surface area contributed by atoms with Gasteiger partial charge in [0.15, 0.2) is 5.13 Å². The zero-order valence-electron chi connectivity index (χ0n) is 17.6. The first kappa shape index (κ1) is 21.2. The van der Waals surface area contributed by atoms with Gasteiger partial charge in [-0.3, -0.25) is 9.69 Å². The number of para-hydroxylation sites is 1. The van der Waals surface area contributed by atoms with Gasteiger partial charge in [-0.05, 0) is 56.2 Å². The molecule has 1 aliphatic rings. The fourth-order valence-corrected chi connectivity index (χ4v) is 5.85. The molecule has 1 unspecified atom stereocenters. The molecular weight excluding hydrogens is 445 g/mol. The van der Waals surface area contributed by atoms with Crippen molar-refractivity contribution in [1.29, 1.82) is 0 Å². The summed E-state index contributed by atoms with van der Waals surface area (Å²) >= 11 is 3.02. The van der Waals surface area contributed by atoms with E-state index in [0.717, 1.165) is 50.8 Å². The number of benzene rings is 2. The molecule has 3 heterocycles. The molecule has 0 bridgehead atoms. The first-order chi connectivity index (χ1) is 15.6. The zero-order chi connectivity index (χ0) is 22.1. The Balaban J connectivity index is 1.46. The van der Waals surface area contributed by atoms with Gasteiger partial charge < -0.3 is 4.74 Å². The van der Waals surface area contributed by atoms with Crippen LogP contribution in [-0.4, -0.2) is 35.1 Å².